The maximum Gasteiger partial charge on any atom is 0.333 e. The fraction of sp³-hybridized carbons (Fsp3) is 0.158. The van der Waals surface area contributed by atoms with Crippen LogP contribution in [0.2, 0.25) is 0 Å². The number of benzene rings is 2. The van der Waals surface area contributed by atoms with Crippen molar-refractivity contribution in [3.05, 3.63) is 78.0 Å². The lowest BCUT2D eigenvalue weighted by molar-refractivity contribution is -0.142. The lowest BCUT2D eigenvalue weighted by Gasteiger charge is -2.17. The second kappa shape index (κ2) is 8.84. The zero-order chi connectivity index (χ0) is 17.4. The largest absolute Gasteiger partial charge is 0.467 e. The molecule has 0 amide bonds. The van der Waals surface area contributed by atoms with Crippen molar-refractivity contribution in [2.45, 2.75) is 13.0 Å². The molecule has 0 aliphatic heterocycles. The Morgan fingerprint density at radius 3 is 2.25 bits per heavy atom. The summed E-state index contributed by atoms with van der Waals surface area (Å²) in [6.07, 6.45) is 1.78. The number of methoxy groups -OCH3 is 1. The van der Waals surface area contributed by atoms with Crippen molar-refractivity contribution < 1.29 is 9.53 Å². The Hall–Kier alpha value is -2.66. The van der Waals surface area contributed by atoms with Crippen LogP contribution in [0.5, 0.6) is 0 Å². The molecule has 0 saturated carbocycles. The first-order valence-electron chi connectivity index (χ1n) is 7.54. The second-order valence-corrected chi connectivity index (χ2v) is 5.63. The third-order valence-corrected chi connectivity index (χ3v) is 3.55. The van der Waals surface area contributed by atoms with Crippen LogP contribution >= 0.6 is 12.2 Å². The Bertz CT molecular complexity index is 715. The van der Waals surface area contributed by atoms with Crippen molar-refractivity contribution in [2.75, 3.05) is 12.4 Å². The Balaban J connectivity index is 2.07. The first-order valence-corrected chi connectivity index (χ1v) is 7.94. The highest BCUT2D eigenvalue weighted by Gasteiger charge is 2.21. The average molecular weight is 340 g/mol. The van der Waals surface area contributed by atoms with E-state index < -0.39 is 6.04 Å². The molecule has 2 aromatic carbocycles. The minimum Gasteiger partial charge on any atom is -0.467 e. The number of carbonyl (C=O) groups is 1. The van der Waals surface area contributed by atoms with Gasteiger partial charge >= 0.3 is 5.97 Å². The molecule has 5 heteroatoms. The van der Waals surface area contributed by atoms with Gasteiger partial charge in [-0.05, 0) is 30.7 Å². The van der Waals surface area contributed by atoms with Gasteiger partial charge in [0.25, 0.3) is 0 Å². The van der Waals surface area contributed by atoms with Gasteiger partial charge in [-0.2, -0.15) is 0 Å². The van der Waals surface area contributed by atoms with E-state index >= 15 is 0 Å². The molecule has 0 saturated heterocycles. The van der Waals surface area contributed by atoms with Crippen LogP contribution in [-0.2, 0) is 9.53 Å². The normalized spacial score (nSPS) is 12.2. The molecule has 0 radical (unpaired) electrons. The van der Waals surface area contributed by atoms with Crippen LogP contribution in [0.3, 0.4) is 0 Å². The molecule has 4 nitrogen and oxygen atoms in total. The predicted octanol–water partition coefficient (Wildman–Crippen LogP) is 3.83. The molecule has 2 N–H and O–H groups in total. The highest BCUT2D eigenvalue weighted by molar-refractivity contribution is 7.80. The monoisotopic (exact) mass is 340 g/mol. The number of anilines is 1. The van der Waals surface area contributed by atoms with Gasteiger partial charge in [0.05, 0.1) is 7.11 Å². The average Bonchev–Trinajstić information content (AvgIpc) is 2.60. The van der Waals surface area contributed by atoms with Crippen molar-refractivity contribution in [3.63, 3.8) is 0 Å². The zero-order valence-electron chi connectivity index (χ0n) is 13.7. The van der Waals surface area contributed by atoms with Crippen LogP contribution in [0.15, 0.2) is 72.4 Å². The summed E-state index contributed by atoms with van der Waals surface area (Å²) in [7, 11) is 1.36. The minimum absolute atomic E-state index is 0.384. The van der Waals surface area contributed by atoms with Crippen LogP contribution in [0.4, 0.5) is 5.69 Å². The summed E-state index contributed by atoms with van der Waals surface area (Å²) in [6, 6.07) is 18.5. The van der Waals surface area contributed by atoms with Crippen molar-refractivity contribution in [3.8, 4) is 0 Å². The van der Waals surface area contributed by atoms with E-state index in [9.17, 15) is 4.79 Å². The molecule has 0 aliphatic carbocycles. The van der Waals surface area contributed by atoms with Gasteiger partial charge in [0.1, 0.15) is 4.99 Å². The van der Waals surface area contributed by atoms with Gasteiger partial charge < -0.3 is 15.4 Å². The Kier molecular flexibility index (Phi) is 6.51. The van der Waals surface area contributed by atoms with Crippen molar-refractivity contribution in [2.24, 2.45) is 0 Å². The number of thiocarbonyl (C=S) groups is 1. The van der Waals surface area contributed by atoms with Crippen molar-refractivity contribution in [1.29, 1.82) is 0 Å². The number of hydrogen-bond donors (Lipinski definition) is 2. The van der Waals surface area contributed by atoms with Crippen molar-refractivity contribution in [1.82, 2.24) is 5.32 Å². The number of ether oxygens (including phenoxy) is 1. The number of rotatable bonds is 6. The summed E-state index contributed by atoms with van der Waals surface area (Å²) in [5.74, 6) is -0.384. The number of nitrogens with one attached hydrogen (secondary N) is 2. The van der Waals surface area contributed by atoms with Gasteiger partial charge in [-0.3, -0.25) is 0 Å². The molecule has 1 atom stereocenters. The van der Waals surface area contributed by atoms with Gasteiger partial charge in [0.2, 0.25) is 0 Å². The molecule has 0 aliphatic rings. The Morgan fingerprint density at radius 1 is 1.08 bits per heavy atom. The number of hydrogen-bond acceptors (Lipinski definition) is 4. The molecule has 0 spiro atoms. The van der Waals surface area contributed by atoms with Crippen LogP contribution < -0.4 is 10.6 Å². The molecule has 0 fully saturated rings. The molecule has 0 heterocycles. The standard InChI is InChI=1S/C19H20N2O2S/c1-14(20-16-11-7-4-8-12-16)13-17(24)21-18(19(22)23-2)15-9-5-3-6-10-15/h3-13,18,20H,1-2H3,(H,21,24)/b14-13-/t18-/m0/s1. The lowest BCUT2D eigenvalue weighted by Crippen LogP contribution is -2.32. The summed E-state index contributed by atoms with van der Waals surface area (Å²) < 4.78 is 4.87. The van der Waals surface area contributed by atoms with E-state index in [4.69, 9.17) is 17.0 Å². The highest BCUT2D eigenvalue weighted by Crippen LogP contribution is 2.15. The molecule has 0 bridgehead atoms. The second-order valence-electron chi connectivity index (χ2n) is 5.19. The van der Waals surface area contributed by atoms with Crippen LogP contribution in [-0.4, -0.2) is 18.1 Å². The molecule has 0 unspecified atom stereocenters. The smallest absolute Gasteiger partial charge is 0.333 e. The molecular weight excluding hydrogens is 320 g/mol. The quantitative estimate of drug-likeness (QED) is 0.475. The fourth-order valence-corrected chi connectivity index (χ4v) is 2.50. The van der Waals surface area contributed by atoms with E-state index in [0.29, 0.717) is 4.99 Å². The third-order valence-electron chi connectivity index (χ3n) is 3.32. The summed E-state index contributed by atoms with van der Waals surface area (Å²) in [6.45, 7) is 1.91. The van der Waals surface area contributed by atoms with Gasteiger partial charge in [0.15, 0.2) is 6.04 Å². The number of para-hydroxylation sites is 1. The Morgan fingerprint density at radius 2 is 1.67 bits per heavy atom. The first kappa shape index (κ1) is 17.7. The van der Waals surface area contributed by atoms with Crippen LogP contribution in [0.25, 0.3) is 0 Å². The van der Waals surface area contributed by atoms with Crippen LogP contribution in [0, 0.1) is 0 Å². The summed E-state index contributed by atoms with van der Waals surface area (Å²) in [4.78, 5) is 12.5. The summed E-state index contributed by atoms with van der Waals surface area (Å²) in [5.41, 5.74) is 2.64. The maximum atomic E-state index is 12.0. The SMILES string of the molecule is COC(=O)[C@@H](NC(=S)/C=C(/C)Nc1ccccc1)c1ccccc1. The lowest BCUT2D eigenvalue weighted by atomic mass is 10.1. The van der Waals surface area contributed by atoms with E-state index in [1.165, 1.54) is 7.11 Å². The summed E-state index contributed by atoms with van der Waals surface area (Å²) >= 11 is 5.35. The number of allylic oxidation sites excluding steroid dienone is 1. The van der Waals surface area contributed by atoms with Crippen molar-refractivity contribution >= 4 is 28.9 Å². The topological polar surface area (TPSA) is 50.4 Å². The predicted molar refractivity (Wildman–Crippen MR) is 101 cm³/mol. The van der Waals surface area contributed by atoms with E-state index in [1.807, 2.05) is 67.6 Å². The molecule has 0 aromatic heterocycles. The molecule has 124 valence electrons. The van der Waals surface area contributed by atoms with Gasteiger partial charge in [0, 0.05) is 11.4 Å². The van der Waals surface area contributed by atoms with E-state index in [2.05, 4.69) is 10.6 Å². The third kappa shape index (κ3) is 5.21. The van der Waals surface area contributed by atoms with Gasteiger partial charge in [-0.25, -0.2) is 4.79 Å². The number of carbonyl (C=O) groups excluding carboxylic acids is 1. The first-order chi connectivity index (χ1) is 11.6. The van der Waals surface area contributed by atoms with E-state index in [1.54, 1.807) is 6.08 Å². The molecule has 2 rings (SSSR count). The number of esters is 1. The van der Waals surface area contributed by atoms with Gasteiger partial charge in [-0.15, -0.1) is 0 Å². The van der Waals surface area contributed by atoms with E-state index in [-0.39, 0.29) is 5.97 Å². The maximum absolute atomic E-state index is 12.0. The Labute approximate surface area is 147 Å². The highest BCUT2D eigenvalue weighted by atomic mass is 32.1. The minimum atomic E-state index is -0.635. The summed E-state index contributed by atoms with van der Waals surface area (Å²) in [5, 5.41) is 6.29. The van der Waals surface area contributed by atoms with Crippen LogP contribution in [0.1, 0.15) is 18.5 Å². The molecule has 2 aromatic rings. The fourth-order valence-electron chi connectivity index (χ4n) is 2.21. The zero-order valence-corrected chi connectivity index (χ0v) is 14.5. The van der Waals surface area contributed by atoms with E-state index in [0.717, 1.165) is 16.9 Å². The molecule has 24 heavy (non-hydrogen) atoms. The molecular formula is C19H20N2O2S. The van der Waals surface area contributed by atoms with Gasteiger partial charge in [-0.1, -0.05) is 60.7 Å².